The molecule has 0 saturated carbocycles. The van der Waals surface area contributed by atoms with E-state index in [0.717, 1.165) is 11.3 Å². The molecule has 0 aliphatic carbocycles. The molecule has 6 nitrogen and oxygen atoms in total. The van der Waals surface area contributed by atoms with E-state index in [1.165, 1.54) is 6.20 Å². The van der Waals surface area contributed by atoms with Crippen LogP contribution in [0, 0.1) is 10.1 Å². The van der Waals surface area contributed by atoms with Gasteiger partial charge in [-0.3, -0.25) is 10.1 Å². The zero-order valence-corrected chi connectivity index (χ0v) is 6.87. The number of anilines is 1. The smallest absolute Gasteiger partial charge is 0.345 e. The molecule has 0 bridgehead atoms. The third-order valence-electron chi connectivity index (χ3n) is 1.06. The molecule has 7 heteroatoms. The molecule has 1 aromatic rings. The molecule has 0 fully saturated rings. The maximum atomic E-state index is 10.2. The highest BCUT2D eigenvalue weighted by molar-refractivity contribution is 7.18. The summed E-state index contributed by atoms with van der Waals surface area (Å²) in [6.07, 6.45) is 1.18. The van der Waals surface area contributed by atoms with Crippen molar-refractivity contribution >= 4 is 21.5 Å². The highest BCUT2D eigenvalue weighted by Gasteiger charge is 2.10. The Labute approximate surface area is 72.0 Å². The summed E-state index contributed by atoms with van der Waals surface area (Å²) in [6, 6.07) is 0. The minimum atomic E-state index is -0.498. The zero-order chi connectivity index (χ0) is 8.97. The highest BCUT2D eigenvalue weighted by Crippen LogP contribution is 2.24. The molecule has 0 saturated heterocycles. The molecule has 1 heterocycles. The lowest BCUT2D eigenvalue weighted by Crippen LogP contribution is -2.04. The van der Waals surface area contributed by atoms with E-state index in [0.29, 0.717) is 11.7 Å². The Bertz CT molecular complexity index is 275. The molecule has 66 valence electrons. The third-order valence-corrected chi connectivity index (χ3v) is 1.97. The average molecular weight is 189 g/mol. The van der Waals surface area contributed by atoms with Gasteiger partial charge in [-0.2, -0.15) is 0 Å². The number of rotatable bonds is 4. The Balaban J connectivity index is 2.58. The standard InChI is InChI=1S/C5H7N3O3S/c9-2-1-6-5-7-3-4(12-5)8(10)11/h3,9H,1-2H2,(H,6,7). The predicted octanol–water partition coefficient (Wildman–Crippen LogP) is 0.455. The Morgan fingerprint density at radius 1 is 1.83 bits per heavy atom. The SMILES string of the molecule is O=[N+]([O-])c1cnc(NCCO)s1. The Hall–Kier alpha value is -1.21. The number of aromatic nitrogens is 1. The summed E-state index contributed by atoms with van der Waals surface area (Å²) in [6.45, 7) is 0.331. The maximum absolute atomic E-state index is 10.2. The number of aliphatic hydroxyl groups is 1. The number of nitrogens with zero attached hydrogens (tertiary/aromatic N) is 2. The van der Waals surface area contributed by atoms with Gasteiger partial charge in [0.25, 0.3) is 0 Å². The molecule has 0 aliphatic heterocycles. The lowest BCUT2D eigenvalue weighted by atomic mass is 10.7. The molecular formula is C5H7N3O3S. The summed E-state index contributed by atoms with van der Waals surface area (Å²) < 4.78 is 0. The Morgan fingerprint density at radius 2 is 2.58 bits per heavy atom. The topological polar surface area (TPSA) is 88.3 Å². The van der Waals surface area contributed by atoms with E-state index < -0.39 is 4.92 Å². The van der Waals surface area contributed by atoms with Gasteiger partial charge in [-0.1, -0.05) is 0 Å². The van der Waals surface area contributed by atoms with Crippen molar-refractivity contribution in [2.24, 2.45) is 0 Å². The molecule has 1 aromatic heterocycles. The summed E-state index contributed by atoms with van der Waals surface area (Å²) in [5, 5.41) is 21.8. The fourth-order valence-electron chi connectivity index (χ4n) is 0.595. The van der Waals surface area contributed by atoms with E-state index in [2.05, 4.69) is 10.3 Å². The highest BCUT2D eigenvalue weighted by atomic mass is 32.1. The van der Waals surface area contributed by atoms with Gasteiger partial charge < -0.3 is 10.4 Å². The van der Waals surface area contributed by atoms with Crippen molar-refractivity contribution in [3.8, 4) is 0 Å². The second-order valence-electron chi connectivity index (χ2n) is 1.91. The van der Waals surface area contributed by atoms with Crippen molar-refractivity contribution in [3.63, 3.8) is 0 Å². The Morgan fingerprint density at radius 3 is 3.08 bits per heavy atom. The fraction of sp³-hybridized carbons (Fsp3) is 0.400. The average Bonchev–Trinajstić information content (AvgIpc) is 2.48. The first-order valence-corrected chi connectivity index (χ1v) is 4.00. The number of hydrogen-bond donors (Lipinski definition) is 2. The summed E-state index contributed by atoms with van der Waals surface area (Å²) in [7, 11) is 0. The largest absolute Gasteiger partial charge is 0.395 e. The van der Waals surface area contributed by atoms with Gasteiger partial charge in [-0.25, -0.2) is 4.98 Å². The van der Waals surface area contributed by atoms with Crippen LogP contribution in [0.2, 0.25) is 0 Å². The van der Waals surface area contributed by atoms with Gasteiger partial charge in [0.15, 0.2) is 5.13 Å². The molecule has 0 atom stereocenters. The van der Waals surface area contributed by atoms with E-state index in [1.54, 1.807) is 0 Å². The van der Waals surface area contributed by atoms with Crippen LogP contribution < -0.4 is 5.32 Å². The molecule has 12 heavy (non-hydrogen) atoms. The monoisotopic (exact) mass is 189 g/mol. The first-order valence-electron chi connectivity index (χ1n) is 3.19. The fourth-order valence-corrected chi connectivity index (χ4v) is 1.25. The van der Waals surface area contributed by atoms with Crippen LogP contribution in [0.15, 0.2) is 6.20 Å². The molecule has 0 aromatic carbocycles. The summed E-state index contributed by atoms with van der Waals surface area (Å²) in [4.78, 5) is 13.4. The van der Waals surface area contributed by atoms with Crippen LogP contribution in [0.25, 0.3) is 0 Å². The minimum absolute atomic E-state index is 0.00422. The number of thiazole rings is 1. The number of nitrogens with one attached hydrogen (secondary N) is 1. The molecule has 0 aliphatic rings. The molecule has 2 N–H and O–H groups in total. The summed E-state index contributed by atoms with van der Waals surface area (Å²) >= 11 is 0.949. The molecule has 1 rings (SSSR count). The number of hydrogen-bond acceptors (Lipinski definition) is 6. The van der Waals surface area contributed by atoms with Gasteiger partial charge in [0.1, 0.15) is 6.20 Å². The van der Waals surface area contributed by atoms with Crippen LogP contribution in [0.1, 0.15) is 0 Å². The van der Waals surface area contributed by atoms with Gasteiger partial charge in [0, 0.05) is 6.54 Å². The Kier molecular flexibility index (Phi) is 2.94. The number of aliphatic hydroxyl groups excluding tert-OH is 1. The van der Waals surface area contributed by atoms with Crippen LogP contribution in [-0.2, 0) is 0 Å². The lowest BCUT2D eigenvalue weighted by molar-refractivity contribution is -0.380. The lowest BCUT2D eigenvalue weighted by Gasteiger charge is -1.94. The van der Waals surface area contributed by atoms with E-state index in [-0.39, 0.29) is 11.6 Å². The van der Waals surface area contributed by atoms with Crippen molar-refractivity contribution in [3.05, 3.63) is 16.3 Å². The molecule has 0 spiro atoms. The first-order chi connectivity index (χ1) is 5.74. The van der Waals surface area contributed by atoms with Crippen LogP contribution >= 0.6 is 11.3 Å². The zero-order valence-electron chi connectivity index (χ0n) is 6.06. The van der Waals surface area contributed by atoms with Crippen molar-refractivity contribution in [1.82, 2.24) is 4.98 Å². The van der Waals surface area contributed by atoms with Gasteiger partial charge in [-0.15, -0.1) is 0 Å². The van der Waals surface area contributed by atoms with E-state index in [4.69, 9.17) is 5.11 Å². The van der Waals surface area contributed by atoms with Gasteiger partial charge in [-0.05, 0) is 11.3 Å². The second-order valence-corrected chi connectivity index (χ2v) is 2.92. The van der Waals surface area contributed by atoms with Crippen LogP contribution in [0.4, 0.5) is 10.1 Å². The summed E-state index contributed by atoms with van der Waals surface area (Å²) in [5.41, 5.74) is 0. The van der Waals surface area contributed by atoms with E-state index in [1.807, 2.05) is 0 Å². The van der Waals surface area contributed by atoms with Crippen LogP contribution in [0.3, 0.4) is 0 Å². The normalized spacial score (nSPS) is 9.75. The van der Waals surface area contributed by atoms with Crippen LogP contribution in [0.5, 0.6) is 0 Å². The quantitative estimate of drug-likeness (QED) is 0.530. The maximum Gasteiger partial charge on any atom is 0.345 e. The molecule has 0 radical (unpaired) electrons. The molecular weight excluding hydrogens is 182 g/mol. The first kappa shape index (κ1) is 8.88. The van der Waals surface area contributed by atoms with E-state index in [9.17, 15) is 10.1 Å². The van der Waals surface area contributed by atoms with Gasteiger partial charge in [0.2, 0.25) is 0 Å². The van der Waals surface area contributed by atoms with Crippen molar-refractivity contribution in [1.29, 1.82) is 0 Å². The van der Waals surface area contributed by atoms with Gasteiger partial charge in [0.05, 0.1) is 11.5 Å². The van der Waals surface area contributed by atoms with E-state index >= 15 is 0 Å². The number of nitro groups is 1. The second kappa shape index (κ2) is 3.98. The van der Waals surface area contributed by atoms with Crippen molar-refractivity contribution in [2.75, 3.05) is 18.5 Å². The predicted molar refractivity (Wildman–Crippen MR) is 44.3 cm³/mol. The van der Waals surface area contributed by atoms with Crippen molar-refractivity contribution in [2.45, 2.75) is 0 Å². The van der Waals surface area contributed by atoms with Gasteiger partial charge >= 0.3 is 5.00 Å². The molecule has 0 amide bonds. The molecule has 0 unspecified atom stereocenters. The van der Waals surface area contributed by atoms with Crippen molar-refractivity contribution < 1.29 is 10.0 Å². The third kappa shape index (κ3) is 2.14. The minimum Gasteiger partial charge on any atom is -0.395 e. The van der Waals surface area contributed by atoms with Crippen LogP contribution in [-0.4, -0.2) is 28.2 Å². The summed E-state index contributed by atoms with van der Waals surface area (Å²) in [5.74, 6) is 0.